The molecule has 3 heteroatoms. The van der Waals surface area contributed by atoms with Gasteiger partial charge in [0.05, 0.1) is 5.69 Å². The number of aromatic nitrogens is 2. The number of hydrogen-bond acceptors (Lipinski definition) is 3. The van der Waals surface area contributed by atoms with Crippen molar-refractivity contribution in [2.75, 3.05) is 13.6 Å². The third-order valence-electron chi connectivity index (χ3n) is 2.29. The molecule has 1 aliphatic rings. The lowest BCUT2D eigenvalue weighted by Gasteiger charge is -2.12. The molecule has 1 aromatic heterocycles. The van der Waals surface area contributed by atoms with E-state index in [4.69, 9.17) is 0 Å². The smallest absolute Gasteiger partial charge is 0.0676 e. The molecule has 1 aliphatic heterocycles. The fraction of sp³-hybridized carbons (Fsp3) is 0.692. The van der Waals surface area contributed by atoms with Crippen LogP contribution in [0.1, 0.15) is 45.4 Å². The van der Waals surface area contributed by atoms with Crippen molar-refractivity contribution in [2.24, 2.45) is 0 Å². The minimum atomic E-state index is 1.02. The third-order valence-corrected chi connectivity index (χ3v) is 2.29. The van der Waals surface area contributed by atoms with Gasteiger partial charge in [-0.05, 0) is 38.1 Å². The minimum Gasteiger partial charge on any atom is -0.302 e. The second-order valence-corrected chi connectivity index (χ2v) is 3.34. The molecule has 0 aliphatic carbocycles. The van der Waals surface area contributed by atoms with Gasteiger partial charge in [0.2, 0.25) is 0 Å². The zero-order chi connectivity index (χ0) is 12.4. The van der Waals surface area contributed by atoms with Crippen molar-refractivity contribution in [1.29, 1.82) is 0 Å². The molecular weight excluding hydrogens is 198 g/mol. The molecule has 0 amide bonds. The van der Waals surface area contributed by atoms with E-state index < -0.39 is 0 Å². The van der Waals surface area contributed by atoms with Crippen molar-refractivity contribution in [2.45, 2.75) is 47.1 Å². The maximum absolute atomic E-state index is 4.14. The number of fused-ring (bicyclic) bond motifs is 1. The summed E-state index contributed by atoms with van der Waals surface area (Å²) in [6, 6.07) is 2.07. The average molecular weight is 223 g/mol. The highest BCUT2D eigenvalue weighted by Gasteiger charge is 2.11. The molecule has 2 heterocycles. The van der Waals surface area contributed by atoms with Crippen LogP contribution in [0.25, 0.3) is 0 Å². The van der Waals surface area contributed by atoms with Crippen LogP contribution in [0.3, 0.4) is 0 Å². The Morgan fingerprint density at radius 2 is 1.88 bits per heavy atom. The van der Waals surface area contributed by atoms with E-state index in [1.165, 1.54) is 17.7 Å². The van der Waals surface area contributed by atoms with Crippen LogP contribution in [-0.2, 0) is 13.0 Å². The summed E-state index contributed by atoms with van der Waals surface area (Å²) in [5.41, 5.74) is 2.52. The Morgan fingerprint density at radius 1 is 1.19 bits per heavy atom. The van der Waals surface area contributed by atoms with Gasteiger partial charge in [0.15, 0.2) is 0 Å². The molecule has 0 N–H and O–H groups in total. The van der Waals surface area contributed by atoms with E-state index in [0.29, 0.717) is 0 Å². The summed E-state index contributed by atoms with van der Waals surface area (Å²) >= 11 is 0. The normalized spacial score (nSPS) is 14.6. The maximum atomic E-state index is 4.14. The predicted molar refractivity (Wildman–Crippen MR) is 69.4 cm³/mol. The molecule has 0 fully saturated rings. The first-order chi connectivity index (χ1) is 7.86. The van der Waals surface area contributed by atoms with Gasteiger partial charge in [-0.15, -0.1) is 0 Å². The second-order valence-electron chi connectivity index (χ2n) is 3.34. The third kappa shape index (κ3) is 4.71. The zero-order valence-corrected chi connectivity index (χ0v) is 11.3. The molecule has 0 atom stereocenters. The van der Waals surface area contributed by atoms with Gasteiger partial charge >= 0.3 is 0 Å². The molecule has 0 bridgehead atoms. The monoisotopic (exact) mass is 223 g/mol. The summed E-state index contributed by atoms with van der Waals surface area (Å²) in [5.74, 6) is 0. The van der Waals surface area contributed by atoms with Gasteiger partial charge in [-0.3, -0.25) is 0 Å². The Kier molecular flexibility index (Phi) is 8.72. The predicted octanol–water partition coefficient (Wildman–Crippen LogP) is 2.91. The van der Waals surface area contributed by atoms with E-state index in [1.54, 1.807) is 6.20 Å². The second kappa shape index (κ2) is 9.28. The first-order valence-corrected chi connectivity index (χ1v) is 6.34. The number of nitrogens with zero attached hydrogens (tertiary/aromatic N) is 3. The molecule has 0 radical (unpaired) electrons. The quantitative estimate of drug-likeness (QED) is 0.677. The summed E-state index contributed by atoms with van der Waals surface area (Å²) < 4.78 is 0. The van der Waals surface area contributed by atoms with Gasteiger partial charge in [0, 0.05) is 12.7 Å². The minimum absolute atomic E-state index is 1.02. The molecular formula is C13H25N3. The van der Waals surface area contributed by atoms with E-state index in [9.17, 15) is 0 Å². The average Bonchev–Trinajstić information content (AvgIpc) is 2.55. The summed E-state index contributed by atoms with van der Waals surface area (Å²) in [7, 11) is 2.15. The van der Waals surface area contributed by atoms with E-state index in [-0.39, 0.29) is 0 Å². The lowest BCUT2D eigenvalue weighted by Crippen LogP contribution is -2.17. The molecule has 92 valence electrons. The summed E-state index contributed by atoms with van der Waals surface area (Å²) in [6.45, 7) is 10.2. The van der Waals surface area contributed by atoms with Crippen LogP contribution < -0.4 is 0 Å². The first-order valence-electron chi connectivity index (χ1n) is 6.34. The van der Waals surface area contributed by atoms with Crippen molar-refractivity contribution in [3.8, 4) is 0 Å². The van der Waals surface area contributed by atoms with Gasteiger partial charge in [-0.1, -0.05) is 27.7 Å². The van der Waals surface area contributed by atoms with Crippen molar-refractivity contribution in [3.63, 3.8) is 0 Å². The number of rotatable bonds is 0. The van der Waals surface area contributed by atoms with E-state index >= 15 is 0 Å². The topological polar surface area (TPSA) is 29.0 Å². The Hall–Kier alpha value is -0.960. The van der Waals surface area contributed by atoms with Crippen LogP contribution in [-0.4, -0.2) is 28.7 Å². The zero-order valence-electron chi connectivity index (χ0n) is 11.3. The van der Waals surface area contributed by atoms with Crippen LogP contribution in [0.15, 0.2) is 12.3 Å². The molecule has 0 spiro atoms. The fourth-order valence-corrected chi connectivity index (χ4v) is 1.63. The van der Waals surface area contributed by atoms with Gasteiger partial charge in [0.1, 0.15) is 0 Å². The van der Waals surface area contributed by atoms with Crippen molar-refractivity contribution in [1.82, 2.24) is 15.1 Å². The van der Waals surface area contributed by atoms with E-state index in [0.717, 1.165) is 19.5 Å². The van der Waals surface area contributed by atoms with Crippen LogP contribution in [0.2, 0.25) is 0 Å². The van der Waals surface area contributed by atoms with Crippen LogP contribution in [0.4, 0.5) is 0 Å². The van der Waals surface area contributed by atoms with E-state index in [1.807, 2.05) is 27.7 Å². The molecule has 0 saturated heterocycles. The lowest BCUT2D eigenvalue weighted by molar-refractivity contribution is 0.332. The van der Waals surface area contributed by atoms with Crippen LogP contribution >= 0.6 is 0 Å². The molecule has 3 nitrogen and oxygen atoms in total. The molecule has 1 aromatic rings. The molecule has 16 heavy (non-hydrogen) atoms. The summed E-state index contributed by atoms with van der Waals surface area (Å²) in [5, 5.41) is 8.03. The van der Waals surface area contributed by atoms with Gasteiger partial charge in [-0.25, -0.2) is 0 Å². The highest BCUT2D eigenvalue weighted by Crippen LogP contribution is 2.13. The summed E-state index contributed by atoms with van der Waals surface area (Å²) in [4.78, 5) is 2.33. The Labute approximate surface area is 99.9 Å². The summed E-state index contributed by atoms with van der Waals surface area (Å²) in [6.07, 6.45) is 4.05. The Morgan fingerprint density at radius 3 is 2.56 bits per heavy atom. The van der Waals surface area contributed by atoms with Crippen molar-refractivity contribution >= 4 is 0 Å². The Bertz CT molecular complexity index is 274. The number of aryl methyl sites for hydroxylation is 1. The Balaban J connectivity index is 0.000000509. The highest BCUT2D eigenvalue weighted by atomic mass is 15.1. The highest BCUT2D eigenvalue weighted by molar-refractivity contribution is 5.18. The maximum Gasteiger partial charge on any atom is 0.0676 e. The lowest BCUT2D eigenvalue weighted by atomic mass is 10.1. The molecule has 2 rings (SSSR count). The fourth-order valence-electron chi connectivity index (χ4n) is 1.63. The van der Waals surface area contributed by atoms with Crippen LogP contribution in [0.5, 0.6) is 0 Å². The largest absolute Gasteiger partial charge is 0.302 e. The van der Waals surface area contributed by atoms with Crippen molar-refractivity contribution in [3.05, 3.63) is 23.5 Å². The standard InChI is InChI=1S/C9H13N3.2C2H6/c1-12-6-2-3-9-8(7-12)4-5-10-11-9;2*1-2/h4-5H,2-3,6-7H2,1H3;2*1-2H3. The van der Waals surface area contributed by atoms with Crippen LogP contribution in [0, 0.1) is 0 Å². The van der Waals surface area contributed by atoms with Gasteiger partial charge in [-0.2, -0.15) is 10.2 Å². The van der Waals surface area contributed by atoms with E-state index in [2.05, 4.69) is 28.2 Å². The molecule has 0 saturated carbocycles. The first kappa shape index (κ1) is 15.0. The molecule has 0 aromatic carbocycles. The van der Waals surface area contributed by atoms with Crippen molar-refractivity contribution < 1.29 is 0 Å². The van der Waals surface area contributed by atoms with Gasteiger partial charge < -0.3 is 4.90 Å². The number of hydrogen-bond donors (Lipinski definition) is 0. The SMILES string of the molecule is CC.CC.CN1CCCc2nnccc2C1. The van der Waals surface area contributed by atoms with Gasteiger partial charge in [0.25, 0.3) is 0 Å². The molecule has 0 unspecified atom stereocenters.